The third kappa shape index (κ3) is 1.14. The topological polar surface area (TPSA) is 9.23 Å². The maximum atomic E-state index is 14.1. The largest absolute Gasteiger partial charge is 0.456 e. The molecule has 1 aliphatic rings. The van der Waals surface area contributed by atoms with Crippen molar-refractivity contribution in [3.05, 3.63) is 59.7 Å². The summed E-state index contributed by atoms with van der Waals surface area (Å²) in [6.07, 6.45) is 0. The lowest BCUT2D eigenvalue weighted by molar-refractivity contribution is 0.0322. The molecule has 80 valence electrons. The van der Waals surface area contributed by atoms with E-state index in [0.29, 0.717) is 0 Å². The summed E-state index contributed by atoms with van der Waals surface area (Å²) in [4.78, 5) is 0. The van der Waals surface area contributed by atoms with Crippen molar-refractivity contribution in [1.29, 1.82) is 0 Å². The Morgan fingerprint density at radius 2 is 1.19 bits per heavy atom. The first-order valence-electron chi connectivity index (χ1n) is 4.94. The maximum absolute atomic E-state index is 14.1. The number of benzene rings is 2. The van der Waals surface area contributed by atoms with E-state index in [4.69, 9.17) is 4.74 Å². The lowest BCUT2D eigenvalue weighted by atomic mass is 9.96. The summed E-state index contributed by atoms with van der Waals surface area (Å²) in [7, 11) is 0. The molecule has 2 aromatic carbocycles. The Labute approximate surface area is 91.3 Å². The van der Waals surface area contributed by atoms with Crippen molar-refractivity contribution in [3.8, 4) is 11.5 Å². The van der Waals surface area contributed by atoms with E-state index in [1.807, 2.05) is 0 Å². The first-order valence-corrected chi connectivity index (χ1v) is 4.94. The van der Waals surface area contributed by atoms with Gasteiger partial charge in [0, 0.05) is 0 Å². The summed E-state index contributed by atoms with van der Waals surface area (Å²) in [6.45, 7) is 0. The number of ether oxygens (including phenoxy) is 1. The van der Waals surface area contributed by atoms with Crippen molar-refractivity contribution in [1.82, 2.24) is 0 Å². The van der Waals surface area contributed by atoms with Gasteiger partial charge in [-0.05, 0) is 24.3 Å². The Bertz CT molecular complexity index is 502. The Kier molecular flexibility index (Phi) is 1.78. The third-order valence-electron chi connectivity index (χ3n) is 2.67. The summed E-state index contributed by atoms with van der Waals surface area (Å²) in [5, 5.41) is 0. The van der Waals surface area contributed by atoms with Crippen LogP contribution in [0, 0.1) is 0 Å². The molecular formula is C13H8F2O. The standard InChI is InChI=1S/C13H8F2O/c14-13(15)9-5-1-3-7-11(9)16-12-8-4-2-6-10(12)13/h1-8H. The molecule has 1 nitrogen and oxygen atoms in total. The number of rotatable bonds is 0. The predicted octanol–water partition coefficient (Wildman–Crippen LogP) is 3.93. The second-order valence-electron chi connectivity index (χ2n) is 3.67. The molecule has 0 amide bonds. The van der Waals surface area contributed by atoms with Crippen LogP contribution in [0.25, 0.3) is 0 Å². The van der Waals surface area contributed by atoms with Crippen LogP contribution in [-0.4, -0.2) is 0 Å². The van der Waals surface area contributed by atoms with Crippen LogP contribution in [0.2, 0.25) is 0 Å². The monoisotopic (exact) mass is 218 g/mol. The SMILES string of the molecule is FC1(F)c2ccccc2Oc2ccccc21. The molecule has 1 heterocycles. The van der Waals surface area contributed by atoms with Gasteiger partial charge in [0.25, 0.3) is 0 Å². The molecule has 0 aromatic heterocycles. The molecule has 0 aliphatic carbocycles. The highest BCUT2D eigenvalue weighted by Gasteiger charge is 2.42. The minimum Gasteiger partial charge on any atom is -0.456 e. The van der Waals surface area contributed by atoms with Gasteiger partial charge in [-0.3, -0.25) is 0 Å². The van der Waals surface area contributed by atoms with E-state index in [0.717, 1.165) is 0 Å². The van der Waals surface area contributed by atoms with Crippen LogP contribution in [0.1, 0.15) is 11.1 Å². The van der Waals surface area contributed by atoms with Crippen molar-refractivity contribution in [2.75, 3.05) is 0 Å². The summed E-state index contributed by atoms with van der Waals surface area (Å²) >= 11 is 0. The van der Waals surface area contributed by atoms with Gasteiger partial charge in [0.05, 0.1) is 11.1 Å². The van der Waals surface area contributed by atoms with Crippen LogP contribution in [0.3, 0.4) is 0 Å². The molecule has 1 aliphatic heterocycles. The van der Waals surface area contributed by atoms with Gasteiger partial charge >= 0.3 is 5.92 Å². The molecule has 0 saturated carbocycles. The highest BCUT2D eigenvalue weighted by molar-refractivity contribution is 5.53. The van der Waals surface area contributed by atoms with Crippen molar-refractivity contribution in [2.45, 2.75) is 5.92 Å². The van der Waals surface area contributed by atoms with Crippen molar-refractivity contribution in [3.63, 3.8) is 0 Å². The van der Waals surface area contributed by atoms with E-state index in [9.17, 15) is 8.78 Å². The summed E-state index contributed by atoms with van der Waals surface area (Å²) < 4.78 is 33.7. The Hall–Kier alpha value is -1.90. The van der Waals surface area contributed by atoms with E-state index in [1.54, 1.807) is 36.4 Å². The highest BCUT2D eigenvalue weighted by Crippen LogP contribution is 2.49. The summed E-state index contributed by atoms with van der Waals surface area (Å²) in [5.74, 6) is -2.52. The van der Waals surface area contributed by atoms with Crippen LogP contribution >= 0.6 is 0 Å². The fraction of sp³-hybridized carbons (Fsp3) is 0.0769. The van der Waals surface area contributed by atoms with Gasteiger partial charge in [-0.1, -0.05) is 24.3 Å². The van der Waals surface area contributed by atoms with Crippen molar-refractivity contribution < 1.29 is 13.5 Å². The highest BCUT2D eigenvalue weighted by atomic mass is 19.3. The lowest BCUT2D eigenvalue weighted by Crippen LogP contribution is -2.21. The van der Waals surface area contributed by atoms with Crippen LogP contribution in [0.5, 0.6) is 11.5 Å². The van der Waals surface area contributed by atoms with Crippen molar-refractivity contribution in [2.24, 2.45) is 0 Å². The zero-order valence-corrected chi connectivity index (χ0v) is 8.28. The number of hydrogen-bond acceptors (Lipinski definition) is 1. The molecule has 3 heteroatoms. The van der Waals surface area contributed by atoms with E-state index in [2.05, 4.69) is 0 Å². The lowest BCUT2D eigenvalue weighted by Gasteiger charge is -2.27. The second-order valence-corrected chi connectivity index (χ2v) is 3.67. The molecule has 0 bridgehead atoms. The van der Waals surface area contributed by atoms with E-state index >= 15 is 0 Å². The predicted molar refractivity (Wildman–Crippen MR) is 56.0 cm³/mol. The molecule has 0 radical (unpaired) electrons. The molecule has 0 spiro atoms. The number of fused-ring (bicyclic) bond motifs is 2. The van der Waals surface area contributed by atoms with Gasteiger partial charge in [0.2, 0.25) is 0 Å². The fourth-order valence-electron chi connectivity index (χ4n) is 1.89. The first kappa shape index (κ1) is 9.33. The third-order valence-corrected chi connectivity index (χ3v) is 2.67. The van der Waals surface area contributed by atoms with Gasteiger partial charge in [-0.15, -0.1) is 0 Å². The maximum Gasteiger partial charge on any atom is 0.305 e. The Balaban J connectivity index is 2.28. The zero-order chi connectivity index (χ0) is 11.2. The van der Waals surface area contributed by atoms with Crippen LogP contribution in [-0.2, 0) is 5.92 Å². The average molecular weight is 218 g/mol. The van der Waals surface area contributed by atoms with Gasteiger partial charge in [-0.25, -0.2) is 0 Å². The Morgan fingerprint density at radius 1 is 0.750 bits per heavy atom. The molecule has 0 saturated heterocycles. The summed E-state index contributed by atoms with van der Waals surface area (Å²) in [5.41, 5.74) is -0.151. The molecular weight excluding hydrogens is 210 g/mol. The van der Waals surface area contributed by atoms with E-state index in [-0.39, 0.29) is 22.6 Å². The van der Waals surface area contributed by atoms with E-state index < -0.39 is 5.92 Å². The van der Waals surface area contributed by atoms with Crippen LogP contribution < -0.4 is 4.74 Å². The molecule has 16 heavy (non-hydrogen) atoms. The van der Waals surface area contributed by atoms with E-state index in [1.165, 1.54) is 12.1 Å². The molecule has 0 atom stereocenters. The van der Waals surface area contributed by atoms with Crippen molar-refractivity contribution >= 4 is 0 Å². The minimum atomic E-state index is -2.98. The number of hydrogen-bond donors (Lipinski definition) is 0. The van der Waals surface area contributed by atoms with Gasteiger partial charge < -0.3 is 4.74 Å². The normalized spacial score (nSPS) is 15.9. The van der Waals surface area contributed by atoms with Crippen LogP contribution in [0.4, 0.5) is 8.78 Å². The number of halogens is 2. The second kappa shape index (κ2) is 3.04. The fourth-order valence-corrected chi connectivity index (χ4v) is 1.89. The molecule has 2 aromatic rings. The molecule has 0 fully saturated rings. The quantitative estimate of drug-likeness (QED) is 0.650. The minimum absolute atomic E-state index is 0.0753. The zero-order valence-electron chi connectivity index (χ0n) is 8.28. The first-order chi connectivity index (χ1) is 7.69. The van der Waals surface area contributed by atoms with Gasteiger partial charge in [0.15, 0.2) is 0 Å². The molecule has 0 N–H and O–H groups in total. The average Bonchev–Trinajstić information content (AvgIpc) is 2.29. The summed E-state index contributed by atoms with van der Waals surface area (Å²) in [6, 6.07) is 12.4. The van der Waals surface area contributed by atoms with Gasteiger partial charge in [-0.2, -0.15) is 8.78 Å². The molecule has 0 unspecified atom stereocenters. The number of para-hydroxylation sites is 2. The van der Waals surface area contributed by atoms with Crippen LogP contribution in [0.15, 0.2) is 48.5 Å². The van der Waals surface area contributed by atoms with Gasteiger partial charge in [0.1, 0.15) is 11.5 Å². The number of alkyl halides is 2. The smallest absolute Gasteiger partial charge is 0.305 e. The Morgan fingerprint density at radius 3 is 1.69 bits per heavy atom. The molecule has 3 rings (SSSR count).